The highest BCUT2D eigenvalue weighted by Crippen LogP contribution is 2.26. The van der Waals surface area contributed by atoms with Crippen molar-refractivity contribution < 1.29 is 13.5 Å². The molecule has 0 amide bonds. The van der Waals surface area contributed by atoms with Gasteiger partial charge in [0.25, 0.3) is 5.56 Å². The first kappa shape index (κ1) is 24.2. The van der Waals surface area contributed by atoms with E-state index in [0.29, 0.717) is 36.3 Å². The van der Waals surface area contributed by atoms with Crippen LogP contribution >= 0.6 is 0 Å². The maximum absolute atomic E-state index is 14.6. The lowest BCUT2D eigenvalue weighted by Gasteiger charge is -2.22. The summed E-state index contributed by atoms with van der Waals surface area (Å²) in [5.74, 6) is -1.19. The van der Waals surface area contributed by atoms with Crippen molar-refractivity contribution in [2.75, 3.05) is 6.54 Å². The van der Waals surface area contributed by atoms with Crippen LogP contribution < -0.4 is 5.56 Å². The number of pyridine rings is 1. The van der Waals surface area contributed by atoms with Crippen LogP contribution in [-0.4, -0.2) is 29.6 Å². The summed E-state index contributed by atoms with van der Waals surface area (Å²) in [6.45, 7) is 5.73. The molecule has 0 fully saturated rings. The maximum atomic E-state index is 14.6. The maximum Gasteiger partial charge on any atom is 0.263 e. The van der Waals surface area contributed by atoms with Gasteiger partial charge in [0.15, 0.2) is 0 Å². The van der Waals surface area contributed by atoms with Crippen LogP contribution in [0.4, 0.5) is 8.78 Å². The van der Waals surface area contributed by atoms with Crippen molar-refractivity contribution in [1.82, 2.24) is 4.57 Å². The second-order valence-electron chi connectivity index (χ2n) is 7.73. The van der Waals surface area contributed by atoms with E-state index < -0.39 is 23.3 Å². The predicted octanol–water partition coefficient (Wildman–Crippen LogP) is 5.07. The minimum Gasteiger partial charge on any atom is -0.368 e. The van der Waals surface area contributed by atoms with Crippen molar-refractivity contribution in [3.8, 4) is 6.07 Å². The molecule has 1 atom stereocenters. The zero-order chi connectivity index (χ0) is 24.0. The van der Waals surface area contributed by atoms with E-state index in [0.717, 1.165) is 6.21 Å². The third kappa shape index (κ3) is 5.49. The van der Waals surface area contributed by atoms with E-state index in [2.05, 4.69) is 9.98 Å². The Morgan fingerprint density at radius 1 is 1.39 bits per heavy atom. The fraction of sp³-hybridized carbons (Fsp3) is 0.360. The molecule has 0 saturated carbocycles. The highest BCUT2D eigenvalue weighted by molar-refractivity contribution is 6.03. The molecule has 0 saturated heterocycles. The second kappa shape index (κ2) is 10.9. The molecule has 1 aromatic heterocycles. The number of hydrogen-bond donors (Lipinski definition) is 0. The number of aromatic nitrogens is 1. The second-order valence-corrected chi connectivity index (χ2v) is 7.73. The summed E-state index contributed by atoms with van der Waals surface area (Å²) in [5, 5.41) is 9.59. The number of nitrogens with zero attached hydrogens (tertiary/aromatic N) is 4. The molecule has 1 unspecified atom stereocenters. The highest BCUT2D eigenvalue weighted by atomic mass is 19.1. The zero-order valence-corrected chi connectivity index (χ0v) is 18.9. The molecule has 0 bridgehead atoms. The van der Waals surface area contributed by atoms with Crippen molar-refractivity contribution in [3.63, 3.8) is 0 Å². The van der Waals surface area contributed by atoms with Gasteiger partial charge in [-0.15, -0.1) is 0 Å². The predicted molar refractivity (Wildman–Crippen MR) is 126 cm³/mol. The average molecular weight is 453 g/mol. The zero-order valence-electron chi connectivity index (χ0n) is 18.9. The number of halogens is 2. The lowest BCUT2D eigenvalue weighted by atomic mass is 9.98. The minimum absolute atomic E-state index is 0.0362. The summed E-state index contributed by atoms with van der Waals surface area (Å²) in [4.78, 5) is 22.1. The molecule has 0 spiro atoms. The van der Waals surface area contributed by atoms with Crippen molar-refractivity contribution >= 4 is 23.7 Å². The molecular weight excluding hydrogens is 426 g/mol. The molecule has 172 valence electrons. The van der Waals surface area contributed by atoms with E-state index in [-0.39, 0.29) is 29.9 Å². The summed E-state index contributed by atoms with van der Waals surface area (Å²) in [6.07, 6.45) is 7.75. The Morgan fingerprint density at radius 3 is 2.85 bits per heavy atom. The average Bonchev–Trinajstić information content (AvgIpc) is 2.79. The molecule has 0 aliphatic carbocycles. The van der Waals surface area contributed by atoms with Crippen molar-refractivity contribution in [3.05, 3.63) is 68.7 Å². The van der Waals surface area contributed by atoms with Crippen LogP contribution in [0.3, 0.4) is 0 Å². The summed E-state index contributed by atoms with van der Waals surface area (Å²) in [6, 6.07) is 3.47. The number of rotatable bonds is 4. The minimum atomic E-state index is -0.677. The molecule has 8 heteroatoms. The number of hydrogen-bond acceptors (Lipinski definition) is 5. The summed E-state index contributed by atoms with van der Waals surface area (Å²) >= 11 is 0. The van der Waals surface area contributed by atoms with Crippen molar-refractivity contribution in [1.29, 1.82) is 5.26 Å². The van der Waals surface area contributed by atoms with Crippen LogP contribution in [-0.2, 0) is 17.9 Å². The third-order valence-electron chi connectivity index (χ3n) is 5.35. The number of nitriles is 1. The first-order chi connectivity index (χ1) is 15.9. The Labute approximate surface area is 191 Å². The molecule has 0 aromatic carbocycles. The normalized spacial score (nSPS) is 22.3. The standard InChI is InChI=1S/C25H26F2N4O2/c1-4-6-23(27)22(11-28)17(3)21-10-18-12-30-13-19(26)9-16(2)33-15-24(18)31(25(21)32)20-7-5-8-29-14-20/h6-7,9-10,13-14,16H,4-5,8,12,15H2,1-3H3/b19-9+,22-17+,23-6+,30-13-. The van der Waals surface area contributed by atoms with Crippen LogP contribution in [0.2, 0.25) is 0 Å². The van der Waals surface area contributed by atoms with E-state index in [9.17, 15) is 18.8 Å². The van der Waals surface area contributed by atoms with Gasteiger partial charge in [-0.1, -0.05) is 13.0 Å². The summed E-state index contributed by atoms with van der Waals surface area (Å²) < 4.78 is 35.8. The fourth-order valence-electron chi connectivity index (χ4n) is 3.68. The van der Waals surface area contributed by atoms with E-state index in [1.165, 1.54) is 16.7 Å². The number of dihydropyridines is 1. The molecule has 3 heterocycles. The van der Waals surface area contributed by atoms with Crippen LogP contribution in [0.25, 0.3) is 11.3 Å². The Morgan fingerprint density at radius 2 is 2.18 bits per heavy atom. The molecule has 2 aliphatic heterocycles. The lowest BCUT2D eigenvalue weighted by Crippen LogP contribution is -2.29. The van der Waals surface area contributed by atoms with Crippen molar-refractivity contribution in [2.24, 2.45) is 9.98 Å². The van der Waals surface area contributed by atoms with Gasteiger partial charge in [0.2, 0.25) is 0 Å². The molecule has 2 aliphatic rings. The molecule has 0 radical (unpaired) electrons. The number of ether oxygens (including phenoxy) is 1. The monoisotopic (exact) mass is 452 g/mol. The largest absolute Gasteiger partial charge is 0.368 e. The molecule has 0 N–H and O–H groups in total. The first-order valence-corrected chi connectivity index (χ1v) is 10.8. The van der Waals surface area contributed by atoms with E-state index in [1.54, 1.807) is 33.1 Å². The molecule has 33 heavy (non-hydrogen) atoms. The summed E-state index contributed by atoms with van der Waals surface area (Å²) in [5.41, 5.74) is 1.50. The van der Waals surface area contributed by atoms with Crippen LogP contribution in [0.5, 0.6) is 0 Å². The fourth-order valence-corrected chi connectivity index (χ4v) is 3.68. The molecular formula is C25H26F2N4O2. The van der Waals surface area contributed by atoms with Gasteiger partial charge in [-0.05, 0) is 56.0 Å². The number of allylic oxidation sites excluding steroid dienone is 6. The third-order valence-corrected chi connectivity index (χ3v) is 5.35. The molecule has 6 nitrogen and oxygen atoms in total. The highest BCUT2D eigenvalue weighted by Gasteiger charge is 2.22. The Bertz CT molecular complexity index is 1210. The smallest absolute Gasteiger partial charge is 0.263 e. The van der Waals surface area contributed by atoms with Crippen LogP contribution in [0, 0.1) is 11.3 Å². The number of aliphatic imine (C=N–C) groups is 2. The number of fused-ring (bicyclic) bond motifs is 1. The van der Waals surface area contributed by atoms with E-state index in [1.807, 2.05) is 12.1 Å². The van der Waals surface area contributed by atoms with Gasteiger partial charge in [-0.25, -0.2) is 8.78 Å². The Kier molecular flexibility index (Phi) is 8.01. The molecule has 1 aromatic rings. The van der Waals surface area contributed by atoms with E-state index in [4.69, 9.17) is 4.74 Å². The molecule has 3 rings (SSSR count). The van der Waals surface area contributed by atoms with Crippen molar-refractivity contribution in [2.45, 2.75) is 52.9 Å². The van der Waals surface area contributed by atoms with Gasteiger partial charge in [-0.2, -0.15) is 5.26 Å². The Hall–Kier alpha value is -3.44. The Balaban J connectivity index is 2.32. The van der Waals surface area contributed by atoms with E-state index >= 15 is 0 Å². The van der Waals surface area contributed by atoms with Gasteiger partial charge in [0.1, 0.15) is 17.7 Å². The van der Waals surface area contributed by atoms with Gasteiger partial charge in [-0.3, -0.25) is 19.3 Å². The van der Waals surface area contributed by atoms with Gasteiger partial charge < -0.3 is 4.74 Å². The van der Waals surface area contributed by atoms with Gasteiger partial charge >= 0.3 is 0 Å². The van der Waals surface area contributed by atoms with Gasteiger partial charge in [0.05, 0.1) is 42.4 Å². The van der Waals surface area contributed by atoms with Crippen LogP contribution in [0.15, 0.2) is 56.3 Å². The first-order valence-electron chi connectivity index (χ1n) is 10.8. The lowest BCUT2D eigenvalue weighted by molar-refractivity contribution is 0.0790. The SMILES string of the molecule is CC/C=C(F)\C(C#N)=C(/C)c1cc2c(n(C3=CCCN=C3)c1=O)COC(C)/C=C(F)\C=N/C2. The van der Waals surface area contributed by atoms with Crippen LogP contribution in [0.1, 0.15) is 50.4 Å². The topological polar surface area (TPSA) is 79.7 Å². The van der Waals surface area contributed by atoms with Gasteiger partial charge in [0, 0.05) is 18.3 Å². The quantitative estimate of drug-likeness (QED) is 0.473. The summed E-state index contributed by atoms with van der Waals surface area (Å²) in [7, 11) is 0.